The Morgan fingerprint density at radius 1 is 1.12 bits per heavy atom. The summed E-state index contributed by atoms with van der Waals surface area (Å²) in [5.74, 6) is 0.642. The van der Waals surface area contributed by atoms with Gasteiger partial charge in [0.2, 0.25) is 10.0 Å². The number of benzene rings is 2. The van der Waals surface area contributed by atoms with Crippen LogP contribution in [0.5, 0.6) is 5.75 Å². The number of ether oxygens (including phenoxy) is 1. The van der Waals surface area contributed by atoms with Gasteiger partial charge in [-0.05, 0) is 49.1 Å². The molecule has 0 fully saturated rings. The first-order valence-electron chi connectivity index (χ1n) is 7.43. The minimum atomic E-state index is -3.86. The Labute approximate surface area is 142 Å². The summed E-state index contributed by atoms with van der Waals surface area (Å²) in [7, 11) is -2.31. The van der Waals surface area contributed by atoms with E-state index in [2.05, 4.69) is 4.72 Å². The molecule has 0 amide bonds. The van der Waals surface area contributed by atoms with Crippen molar-refractivity contribution in [2.24, 2.45) is 0 Å². The molecule has 0 spiro atoms. The van der Waals surface area contributed by atoms with E-state index in [1.54, 1.807) is 51.3 Å². The summed E-state index contributed by atoms with van der Waals surface area (Å²) < 4.78 is 33.5. The smallest absolute Gasteiger partial charge is 0.242 e. The maximum atomic E-state index is 12.9. The minimum absolute atomic E-state index is 0.192. The summed E-state index contributed by atoms with van der Waals surface area (Å²) >= 11 is 0. The quantitative estimate of drug-likeness (QED) is 0.903. The van der Waals surface area contributed by atoms with Crippen molar-refractivity contribution in [3.63, 3.8) is 0 Å². The van der Waals surface area contributed by atoms with E-state index in [0.29, 0.717) is 22.4 Å². The number of aryl methyl sites for hydroxylation is 1. The highest BCUT2D eigenvalue weighted by Crippen LogP contribution is 2.31. The van der Waals surface area contributed by atoms with E-state index in [1.807, 2.05) is 19.1 Å². The number of sulfonamides is 1. The van der Waals surface area contributed by atoms with Crippen LogP contribution in [0, 0.1) is 32.1 Å². The maximum absolute atomic E-state index is 12.9. The molecule has 6 heteroatoms. The molecule has 2 aromatic rings. The number of nitrogens with zero attached hydrogens (tertiary/aromatic N) is 1. The summed E-state index contributed by atoms with van der Waals surface area (Å²) in [6.45, 7) is 5.27. The fraction of sp³-hybridized carbons (Fsp3) is 0.278. The molecule has 0 aliphatic carbocycles. The van der Waals surface area contributed by atoms with E-state index in [-0.39, 0.29) is 4.90 Å². The molecule has 24 heavy (non-hydrogen) atoms. The highest BCUT2D eigenvalue weighted by atomic mass is 32.2. The first kappa shape index (κ1) is 18.0. The van der Waals surface area contributed by atoms with Crippen LogP contribution < -0.4 is 9.46 Å². The third-order valence-corrected chi connectivity index (χ3v) is 5.71. The highest BCUT2D eigenvalue weighted by Gasteiger charge is 2.26. The van der Waals surface area contributed by atoms with Crippen molar-refractivity contribution in [2.75, 3.05) is 7.11 Å². The molecule has 2 rings (SSSR count). The predicted octanol–water partition coefficient (Wildman–Crippen LogP) is 3.16. The SMILES string of the molecule is COc1cc(C)c(S(=O)(=O)NC(C#N)c2ccccc2)c(C)c1C. The Hall–Kier alpha value is -2.36. The van der Waals surface area contributed by atoms with Gasteiger partial charge in [-0.25, -0.2) is 8.42 Å². The maximum Gasteiger partial charge on any atom is 0.242 e. The third kappa shape index (κ3) is 3.42. The number of hydrogen-bond donors (Lipinski definition) is 1. The highest BCUT2D eigenvalue weighted by molar-refractivity contribution is 7.89. The van der Waals surface area contributed by atoms with Gasteiger partial charge in [-0.2, -0.15) is 9.98 Å². The van der Waals surface area contributed by atoms with Crippen molar-refractivity contribution >= 4 is 10.0 Å². The summed E-state index contributed by atoms with van der Waals surface area (Å²) in [6, 6.07) is 11.5. The molecule has 0 bridgehead atoms. The van der Waals surface area contributed by atoms with Crippen molar-refractivity contribution < 1.29 is 13.2 Å². The molecule has 1 unspecified atom stereocenters. The molecule has 126 valence electrons. The van der Waals surface area contributed by atoms with Crippen molar-refractivity contribution in [3.05, 3.63) is 58.7 Å². The van der Waals surface area contributed by atoms with Gasteiger partial charge in [0.25, 0.3) is 0 Å². The Morgan fingerprint density at radius 2 is 1.75 bits per heavy atom. The Bertz CT molecular complexity index is 885. The van der Waals surface area contributed by atoms with E-state index in [9.17, 15) is 13.7 Å². The molecule has 1 atom stereocenters. The zero-order valence-corrected chi connectivity index (χ0v) is 14.9. The van der Waals surface area contributed by atoms with Crippen LogP contribution in [-0.4, -0.2) is 15.5 Å². The summed E-state index contributed by atoms with van der Waals surface area (Å²) in [6.07, 6.45) is 0. The van der Waals surface area contributed by atoms with Gasteiger partial charge in [0.05, 0.1) is 18.1 Å². The van der Waals surface area contributed by atoms with E-state index in [1.165, 1.54) is 0 Å². The van der Waals surface area contributed by atoms with Gasteiger partial charge in [-0.3, -0.25) is 0 Å². The third-order valence-electron chi connectivity index (χ3n) is 4.00. The van der Waals surface area contributed by atoms with Crippen LogP contribution in [0.25, 0.3) is 0 Å². The van der Waals surface area contributed by atoms with Gasteiger partial charge >= 0.3 is 0 Å². The molecular weight excluding hydrogens is 324 g/mol. The summed E-state index contributed by atoms with van der Waals surface area (Å²) in [5.41, 5.74) is 2.55. The Morgan fingerprint density at radius 3 is 2.29 bits per heavy atom. The van der Waals surface area contributed by atoms with Crippen LogP contribution in [0.1, 0.15) is 28.3 Å². The van der Waals surface area contributed by atoms with Crippen LogP contribution in [0.4, 0.5) is 0 Å². The standard InChI is InChI=1S/C18H20N2O3S/c1-12-10-17(23-4)13(2)14(3)18(12)24(21,22)20-16(11-19)15-8-6-5-7-9-15/h5-10,16,20H,1-4H3. The molecule has 0 aliphatic rings. The van der Waals surface area contributed by atoms with Crippen LogP contribution in [0.2, 0.25) is 0 Å². The second-order valence-electron chi connectivity index (χ2n) is 5.57. The zero-order valence-electron chi connectivity index (χ0n) is 14.1. The zero-order chi connectivity index (χ0) is 17.9. The second-order valence-corrected chi connectivity index (χ2v) is 7.22. The van der Waals surface area contributed by atoms with Gasteiger partial charge in [0.15, 0.2) is 0 Å². The van der Waals surface area contributed by atoms with Crippen molar-refractivity contribution in [1.29, 1.82) is 5.26 Å². The molecule has 0 radical (unpaired) electrons. The molecule has 0 aliphatic heterocycles. The van der Waals surface area contributed by atoms with Gasteiger partial charge in [0, 0.05) is 0 Å². The molecule has 0 saturated heterocycles. The first-order chi connectivity index (χ1) is 11.3. The first-order valence-corrected chi connectivity index (χ1v) is 8.91. The fourth-order valence-electron chi connectivity index (χ4n) is 2.68. The fourth-order valence-corrected chi connectivity index (χ4v) is 4.33. The van der Waals surface area contributed by atoms with E-state index >= 15 is 0 Å². The Balaban J connectivity index is 2.49. The van der Waals surface area contributed by atoms with Crippen molar-refractivity contribution in [2.45, 2.75) is 31.7 Å². The lowest BCUT2D eigenvalue weighted by atomic mass is 10.1. The largest absolute Gasteiger partial charge is 0.496 e. The number of hydrogen-bond acceptors (Lipinski definition) is 4. The van der Waals surface area contributed by atoms with E-state index in [4.69, 9.17) is 4.74 Å². The van der Waals surface area contributed by atoms with Crippen LogP contribution >= 0.6 is 0 Å². The lowest BCUT2D eigenvalue weighted by molar-refractivity contribution is 0.410. The predicted molar refractivity (Wildman–Crippen MR) is 92.3 cm³/mol. The monoisotopic (exact) mass is 344 g/mol. The summed E-state index contributed by atoms with van der Waals surface area (Å²) in [5, 5.41) is 9.37. The average molecular weight is 344 g/mol. The van der Waals surface area contributed by atoms with Gasteiger partial charge in [-0.15, -0.1) is 0 Å². The van der Waals surface area contributed by atoms with Gasteiger partial charge in [-0.1, -0.05) is 30.3 Å². The van der Waals surface area contributed by atoms with Gasteiger partial charge in [0.1, 0.15) is 11.8 Å². The minimum Gasteiger partial charge on any atom is -0.496 e. The van der Waals surface area contributed by atoms with Crippen molar-refractivity contribution in [1.82, 2.24) is 4.72 Å². The summed E-state index contributed by atoms with van der Waals surface area (Å²) in [4.78, 5) is 0.192. The van der Waals surface area contributed by atoms with Gasteiger partial charge < -0.3 is 4.74 Å². The lowest BCUT2D eigenvalue weighted by Crippen LogP contribution is -2.29. The molecule has 0 heterocycles. The molecule has 2 aromatic carbocycles. The topological polar surface area (TPSA) is 79.2 Å². The molecule has 0 saturated carbocycles. The average Bonchev–Trinajstić information content (AvgIpc) is 2.56. The van der Waals surface area contributed by atoms with Crippen molar-refractivity contribution in [3.8, 4) is 11.8 Å². The number of rotatable bonds is 5. The van der Waals surface area contributed by atoms with E-state index < -0.39 is 16.1 Å². The Kier molecular flexibility index (Phi) is 5.27. The normalized spacial score (nSPS) is 12.5. The van der Waals surface area contributed by atoms with E-state index in [0.717, 1.165) is 5.56 Å². The lowest BCUT2D eigenvalue weighted by Gasteiger charge is -2.18. The molecule has 1 N–H and O–H groups in total. The second kappa shape index (κ2) is 7.04. The number of methoxy groups -OCH3 is 1. The van der Waals surface area contributed by atoms with Crippen LogP contribution in [0.15, 0.2) is 41.3 Å². The number of nitrogens with one attached hydrogen (secondary N) is 1. The number of nitriles is 1. The molecule has 5 nitrogen and oxygen atoms in total. The van der Waals surface area contributed by atoms with Crippen LogP contribution in [-0.2, 0) is 10.0 Å². The molecule has 0 aromatic heterocycles. The molecular formula is C18H20N2O3S. The van der Waals surface area contributed by atoms with Crippen LogP contribution in [0.3, 0.4) is 0 Å².